The summed E-state index contributed by atoms with van der Waals surface area (Å²) in [6, 6.07) is 16.5. The zero-order valence-electron chi connectivity index (χ0n) is 13.3. The number of rotatable bonds is 6. The van der Waals surface area contributed by atoms with Crippen molar-refractivity contribution in [2.24, 2.45) is 0 Å². The Labute approximate surface area is 140 Å². The summed E-state index contributed by atoms with van der Waals surface area (Å²) in [5.41, 5.74) is 1.35. The first-order valence-electron chi connectivity index (χ1n) is 7.96. The Hall–Kier alpha value is -2.44. The molecule has 1 atom stereocenters. The first kappa shape index (κ1) is 16.4. The molecule has 2 aromatic carbocycles. The van der Waals surface area contributed by atoms with Crippen LogP contribution in [0.15, 0.2) is 54.6 Å². The van der Waals surface area contributed by atoms with Crippen LogP contribution in [0.4, 0.5) is 5.69 Å². The largest absolute Gasteiger partial charge is 0.491 e. The molecule has 0 N–H and O–H groups in total. The highest BCUT2D eigenvalue weighted by atomic mass is 16.6. The lowest BCUT2D eigenvalue weighted by atomic mass is 10.2. The van der Waals surface area contributed by atoms with E-state index >= 15 is 0 Å². The van der Waals surface area contributed by atoms with Crippen LogP contribution in [0.3, 0.4) is 0 Å². The Morgan fingerprint density at radius 3 is 2.62 bits per heavy atom. The third-order valence-corrected chi connectivity index (χ3v) is 3.96. The van der Waals surface area contributed by atoms with E-state index in [0.29, 0.717) is 19.0 Å². The highest BCUT2D eigenvalue weighted by Crippen LogP contribution is 2.18. The molecule has 0 aromatic heterocycles. The molecule has 6 heteroatoms. The fourth-order valence-electron chi connectivity index (χ4n) is 2.72. The molecule has 1 fully saturated rings. The van der Waals surface area contributed by atoms with Gasteiger partial charge in [-0.3, -0.25) is 15.0 Å². The van der Waals surface area contributed by atoms with Gasteiger partial charge >= 0.3 is 0 Å². The normalized spacial score (nSPS) is 18.2. The van der Waals surface area contributed by atoms with Crippen LogP contribution >= 0.6 is 0 Å². The van der Waals surface area contributed by atoms with Gasteiger partial charge < -0.3 is 9.47 Å². The summed E-state index contributed by atoms with van der Waals surface area (Å²) in [5.74, 6) is 0.615. The molecule has 126 valence electrons. The predicted molar refractivity (Wildman–Crippen MR) is 90.1 cm³/mol. The summed E-state index contributed by atoms with van der Waals surface area (Å²) < 4.78 is 11.5. The maximum atomic E-state index is 10.6. The first-order chi connectivity index (χ1) is 11.7. The summed E-state index contributed by atoms with van der Waals surface area (Å²) in [6.45, 7) is 3.73. The fourth-order valence-corrected chi connectivity index (χ4v) is 2.72. The molecule has 1 unspecified atom stereocenters. The Kier molecular flexibility index (Phi) is 5.40. The lowest BCUT2D eigenvalue weighted by molar-refractivity contribution is -0.384. The number of benzene rings is 2. The molecule has 0 radical (unpaired) electrons. The molecule has 0 aliphatic carbocycles. The number of hydrogen-bond donors (Lipinski definition) is 0. The molecular weight excluding hydrogens is 308 g/mol. The topological polar surface area (TPSA) is 64.8 Å². The van der Waals surface area contributed by atoms with E-state index in [1.54, 1.807) is 12.1 Å². The van der Waals surface area contributed by atoms with Crippen molar-refractivity contribution in [2.75, 3.05) is 26.3 Å². The summed E-state index contributed by atoms with van der Waals surface area (Å²) in [7, 11) is 0. The number of nitro benzene ring substituents is 1. The maximum absolute atomic E-state index is 10.6. The van der Waals surface area contributed by atoms with Gasteiger partial charge in [0, 0.05) is 31.8 Å². The summed E-state index contributed by atoms with van der Waals surface area (Å²) in [6.07, 6.45) is -0.00217. The van der Waals surface area contributed by atoms with Crippen molar-refractivity contribution >= 4 is 5.69 Å². The van der Waals surface area contributed by atoms with Gasteiger partial charge in [-0.05, 0) is 17.7 Å². The highest BCUT2D eigenvalue weighted by Gasteiger charge is 2.21. The van der Waals surface area contributed by atoms with E-state index in [1.807, 2.05) is 18.2 Å². The molecule has 3 rings (SSSR count). The fraction of sp³-hybridized carbons (Fsp3) is 0.333. The third kappa shape index (κ3) is 4.53. The van der Waals surface area contributed by atoms with Crippen molar-refractivity contribution in [3.8, 4) is 5.75 Å². The van der Waals surface area contributed by atoms with Gasteiger partial charge in [-0.15, -0.1) is 0 Å². The van der Waals surface area contributed by atoms with E-state index in [4.69, 9.17) is 9.47 Å². The monoisotopic (exact) mass is 328 g/mol. The number of non-ortho nitro benzene ring substituents is 1. The molecule has 2 aromatic rings. The Morgan fingerprint density at radius 2 is 1.92 bits per heavy atom. The molecule has 1 heterocycles. The van der Waals surface area contributed by atoms with Crippen LogP contribution < -0.4 is 4.74 Å². The second-order valence-electron chi connectivity index (χ2n) is 5.78. The number of hydrogen-bond acceptors (Lipinski definition) is 5. The molecule has 6 nitrogen and oxygen atoms in total. The highest BCUT2D eigenvalue weighted by molar-refractivity contribution is 5.35. The van der Waals surface area contributed by atoms with Gasteiger partial charge in [0.25, 0.3) is 5.69 Å². The van der Waals surface area contributed by atoms with Crippen molar-refractivity contribution in [2.45, 2.75) is 12.6 Å². The molecule has 0 bridgehead atoms. The number of nitro groups is 1. The Balaban J connectivity index is 1.49. The number of nitrogens with zero attached hydrogens (tertiary/aromatic N) is 2. The van der Waals surface area contributed by atoms with E-state index in [9.17, 15) is 10.1 Å². The van der Waals surface area contributed by atoms with Gasteiger partial charge in [0.05, 0.1) is 11.5 Å². The minimum Gasteiger partial charge on any atom is -0.491 e. The van der Waals surface area contributed by atoms with E-state index in [2.05, 4.69) is 17.0 Å². The molecule has 1 saturated heterocycles. The zero-order chi connectivity index (χ0) is 16.8. The van der Waals surface area contributed by atoms with Gasteiger partial charge in [-0.25, -0.2) is 0 Å². The van der Waals surface area contributed by atoms with Crippen molar-refractivity contribution in [3.63, 3.8) is 0 Å². The van der Waals surface area contributed by atoms with Gasteiger partial charge in [0.15, 0.2) is 0 Å². The van der Waals surface area contributed by atoms with Gasteiger partial charge in [-0.2, -0.15) is 0 Å². The standard InChI is InChI=1S/C18H20N2O4/c21-20(22)16-6-8-17(9-7-16)24-14-18-13-19(10-11-23-18)12-15-4-2-1-3-5-15/h1-9,18H,10-14H2. The predicted octanol–water partition coefficient (Wildman–Crippen LogP) is 2.87. The molecule has 0 amide bonds. The third-order valence-electron chi connectivity index (χ3n) is 3.96. The smallest absolute Gasteiger partial charge is 0.269 e. The maximum Gasteiger partial charge on any atom is 0.269 e. The van der Waals surface area contributed by atoms with Crippen molar-refractivity contribution < 1.29 is 14.4 Å². The lowest BCUT2D eigenvalue weighted by Gasteiger charge is -2.32. The van der Waals surface area contributed by atoms with Crippen LogP contribution in [-0.4, -0.2) is 42.2 Å². The lowest BCUT2D eigenvalue weighted by Crippen LogP contribution is -2.44. The average Bonchev–Trinajstić information content (AvgIpc) is 2.61. The minimum absolute atomic E-state index is 0.00217. The van der Waals surface area contributed by atoms with Crippen LogP contribution in [0.2, 0.25) is 0 Å². The molecular formula is C18H20N2O4. The van der Waals surface area contributed by atoms with Gasteiger partial charge in [0.1, 0.15) is 18.5 Å². The average molecular weight is 328 g/mol. The van der Waals surface area contributed by atoms with E-state index in [-0.39, 0.29) is 11.8 Å². The van der Waals surface area contributed by atoms with Gasteiger partial charge in [0.2, 0.25) is 0 Å². The molecule has 24 heavy (non-hydrogen) atoms. The van der Waals surface area contributed by atoms with E-state index < -0.39 is 4.92 Å². The molecule has 1 aliphatic rings. The summed E-state index contributed by atoms with van der Waals surface area (Å²) >= 11 is 0. The van der Waals surface area contributed by atoms with Crippen LogP contribution in [-0.2, 0) is 11.3 Å². The van der Waals surface area contributed by atoms with Crippen LogP contribution in [0, 0.1) is 10.1 Å². The summed E-state index contributed by atoms with van der Waals surface area (Å²) in [5, 5.41) is 10.6. The zero-order valence-corrected chi connectivity index (χ0v) is 13.3. The first-order valence-corrected chi connectivity index (χ1v) is 7.96. The number of morpholine rings is 1. The molecule has 0 saturated carbocycles. The van der Waals surface area contributed by atoms with E-state index in [1.165, 1.54) is 17.7 Å². The molecule has 1 aliphatic heterocycles. The second-order valence-corrected chi connectivity index (χ2v) is 5.78. The quantitative estimate of drug-likeness (QED) is 0.602. The van der Waals surface area contributed by atoms with Crippen molar-refractivity contribution in [1.29, 1.82) is 0 Å². The minimum atomic E-state index is -0.421. The molecule has 0 spiro atoms. The second kappa shape index (κ2) is 7.90. The summed E-state index contributed by atoms with van der Waals surface area (Å²) in [4.78, 5) is 12.6. The van der Waals surface area contributed by atoms with Crippen LogP contribution in [0.25, 0.3) is 0 Å². The van der Waals surface area contributed by atoms with Crippen LogP contribution in [0.1, 0.15) is 5.56 Å². The van der Waals surface area contributed by atoms with Crippen molar-refractivity contribution in [1.82, 2.24) is 4.90 Å². The Bertz CT molecular complexity index is 660. The Morgan fingerprint density at radius 1 is 1.17 bits per heavy atom. The SMILES string of the molecule is O=[N+]([O-])c1ccc(OCC2CN(Cc3ccccc3)CCO2)cc1. The van der Waals surface area contributed by atoms with Crippen LogP contribution in [0.5, 0.6) is 5.75 Å². The van der Waals surface area contributed by atoms with E-state index in [0.717, 1.165) is 19.6 Å². The number of ether oxygens (including phenoxy) is 2. The van der Waals surface area contributed by atoms with Crippen molar-refractivity contribution in [3.05, 3.63) is 70.3 Å². The van der Waals surface area contributed by atoms with Gasteiger partial charge in [-0.1, -0.05) is 30.3 Å².